The predicted octanol–water partition coefficient (Wildman–Crippen LogP) is 13.7. The number of hydrogen-bond donors (Lipinski definition) is 0. The van der Waals surface area contributed by atoms with E-state index in [4.69, 9.17) is 18.9 Å². The Morgan fingerprint density at radius 1 is 0.470 bits per heavy atom. The van der Waals surface area contributed by atoms with Crippen molar-refractivity contribution in [3.8, 4) is 0 Å². The maximum Gasteiger partial charge on any atom is 0.306 e. The summed E-state index contributed by atoms with van der Waals surface area (Å²) in [6.45, 7) is 4.59. The van der Waals surface area contributed by atoms with E-state index in [1.165, 1.54) is 109 Å². The zero-order chi connectivity index (χ0) is 48.4. The Morgan fingerprint density at radius 3 is 1.29 bits per heavy atom. The van der Waals surface area contributed by atoms with E-state index in [9.17, 15) is 19.5 Å². The molecule has 2 atom stereocenters. The molecule has 0 bridgehead atoms. The second kappa shape index (κ2) is 48.2. The number of rotatable bonds is 48. The molecule has 0 spiro atoms. The van der Waals surface area contributed by atoms with Crippen molar-refractivity contribution in [3.05, 3.63) is 72.9 Å². The van der Waals surface area contributed by atoms with Gasteiger partial charge in [0.15, 0.2) is 12.4 Å². The van der Waals surface area contributed by atoms with Crippen LogP contribution in [-0.2, 0) is 33.3 Å². The number of carboxylic acids is 1. The summed E-state index contributed by atoms with van der Waals surface area (Å²) in [5.74, 6) is -2.34. The molecule has 0 saturated carbocycles. The van der Waals surface area contributed by atoms with Gasteiger partial charge < -0.3 is 33.3 Å². The first kappa shape index (κ1) is 62.7. The van der Waals surface area contributed by atoms with E-state index in [0.717, 1.165) is 70.6 Å². The highest BCUT2D eigenvalue weighted by atomic mass is 16.7. The van der Waals surface area contributed by atoms with Gasteiger partial charge in [0, 0.05) is 12.8 Å². The molecule has 9 nitrogen and oxygen atoms in total. The summed E-state index contributed by atoms with van der Waals surface area (Å²) < 4.78 is 22.6. The van der Waals surface area contributed by atoms with E-state index >= 15 is 0 Å². The Kier molecular flexibility index (Phi) is 45.8. The number of likely N-dealkylation sites (N-methyl/N-ethyl adjacent to an activating group) is 1. The van der Waals surface area contributed by atoms with Gasteiger partial charge in [-0.2, -0.15) is 0 Å². The molecule has 9 heteroatoms. The largest absolute Gasteiger partial charge is 0.545 e. The number of carboxylic acid groups (broad SMARTS) is 1. The first-order valence-electron chi connectivity index (χ1n) is 26.6. The van der Waals surface area contributed by atoms with Crippen LogP contribution in [0.5, 0.6) is 0 Å². The van der Waals surface area contributed by atoms with Gasteiger partial charge in [0.05, 0.1) is 40.3 Å². The molecule has 0 radical (unpaired) electrons. The Bertz CT molecular complexity index is 1310. The Balaban J connectivity index is 4.40. The maximum atomic E-state index is 12.8. The van der Waals surface area contributed by atoms with Gasteiger partial charge in [0.2, 0.25) is 0 Å². The minimum Gasteiger partial charge on any atom is -0.545 e. The normalized spacial score (nSPS) is 13.4. The molecule has 0 aliphatic rings. The van der Waals surface area contributed by atoms with E-state index in [1.54, 1.807) is 0 Å². The number of hydrogen-bond acceptors (Lipinski definition) is 8. The molecule has 0 aromatic carbocycles. The summed E-state index contributed by atoms with van der Waals surface area (Å²) in [6.07, 6.45) is 58.0. The molecular weight excluding hydrogens is 827 g/mol. The second-order valence-electron chi connectivity index (χ2n) is 18.8. The standard InChI is InChI=1S/C57H99NO8/c1-6-8-10-12-14-16-18-20-22-24-26-28-30-32-34-36-38-40-42-44-46-48-55(60)66-53(52-65-57(56(61)62)63-50-49-58(3,4)5)51-64-54(59)47-45-43-41-39-37-35-33-31-29-27-25-23-21-19-17-15-13-11-9-7-2/h8,10,14,16,20,22,26,28,32,34,38,40,53,57H,6-7,9,11-13,15,17-19,21,23-25,27,29-31,33,35-37,39,41-52H2,1-5H3/b10-8-,16-14-,22-20-,28-26-,34-32-,40-38-. The number of quaternary nitrogens is 1. The van der Waals surface area contributed by atoms with Crippen LogP contribution < -0.4 is 5.11 Å². The van der Waals surface area contributed by atoms with Gasteiger partial charge in [0.1, 0.15) is 13.2 Å². The smallest absolute Gasteiger partial charge is 0.306 e. The lowest BCUT2D eigenvalue weighted by Gasteiger charge is -2.26. The van der Waals surface area contributed by atoms with Gasteiger partial charge in [-0.3, -0.25) is 9.59 Å². The molecule has 2 unspecified atom stereocenters. The number of allylic oxidation sites excluding steroid dienone is 12. The van der Waals surface area contributed by atoms with Crippen LogP contribution in [0.15, 0.2) is 72.9 Å². The lowest BCUT2D eigenvalue weighted by atomic mass is 10.0. The molecule has 0 aliphatic carbocycles. The molecule has 380 valence electrons. The monoisotopic (exact) mass is 926 g/mol. The number of nitrogens with zero attached hydrogens (tertiary/aromatic N) is 1. The van der Waals surface area contributed by atoms with Crippen LogP contribution in [0, 0.1) is 0 Å². The van der Waals surface area contributed by atoms with E-state index in [0.29, 0.717) is 17.4 Å². The fraction of sp³-hybridized carbons (Fsp3) is 0.737. The Morgan fingerprint density at radius 2 is 0.864 bits per heavy atom. The average Bonchev–Trinajstić information content (AvgIpc) is 3.28. The fourth-order valence-electron chi connectivity index (χ4n) is 7.13. The average molecular weight is 926 g/mol. The van der Waals surface area contributed by atoms with Gasteiger partial charge in [-0.15, -0.1) is 0 Å². The van der Waals surface area contributed by atoms with Crippen molar-refractivity contribution in [2.24, 2.45) is 0 Å². The molecule has 0 rings (SSSR count). The molecule has 0 N–H and O–H groups in total. The van der Waals surface area contributed by atoms with Crippen molar-refractivity contribution in [1.82, 2.24) is 0 Å². The molecule has 0 heterocycles. The quantitative estimate of drug-likeness (QED) is 0.0195. The van der Waals surface area contributed by atoms with Crippen molar-refractivity contribution < 1.29 is 42.9 Å². The summed E-state index contributed by atoms with van der Waals surface area (Å²) in [6, 6.07) is 0. The highest BCUT2D eigenvalue weighted by Gasteiger charge is 2.21. The first-order chi connectivity index (χ1) is 32.1. The van der Waals surface area contributed by atoms with Crippen LogP contribution in [-0.4, -0.2) is 82.3 Å². The number of aliphatic carboxylic acids is 1. The number of esters is 2. The van der Waals surface area contributed by atoms with Gasteiger partial charge in [-0.05, 0) is 64.2 Å². The topological polar surface area (TPSA) is 111 Å². The van der Waals surface area contributed by atoms with Crippen LogP contribution in [0.1, 0.15) is 213 Å². The number of ether oxygens (including phenoxy) is 4. The van der Waals surface area contributed by atoms with Crippen LogP contribution in [0.2, 0.25) is 0 Å². The van der Waals surface area contributed by atoms with Crippen molar-refractivity contribution in [3.63, 3.8) is 0 Å². The summed E-state index contributed by atoms with van der Waals surface area (Å²) >= 11 is 0. The fourth-order valence-corrected chi connectivity index (χ4v) is 7.13. The van der Waals surface area contributed by atoms with Crippen molar-refractivity contribution >= 4 is 17.9 Å². The predicted molar refractivity (Wildman–Crippen MR) is 274 cm³/mol. The van der Waals surface area contributed by atoms with E-state index in [-0.39, 0.29) is 38.6 Å². The summed E-state index contributed by atoms with van der Waals surface area (Å²) in [5.41, 5.74) is 0. The number of unbranched alkanes of at least 4 members (excludes halogenated alkanes) is 21. The molecular formula is C57H99NO8. The zero-order valence-corrected chi connectivity index (χ0v) is 43.0. The lowest BCUT2D eigenvalue weighted by Crippen LogP contribution is -2.44. The van der Waals surface area contributed by atoms with Gasteiger partial charge >= 0.3 is 11.9 Å². The highest BCUT2D eigenvalue weighted by molar-refractivity contribution is 5.70. The third kappa shape index (κ3) is 48.7. The third-order valence-corrected chi connectivity index (χ3v) is 11.2. The van der Waals surface area contributed by atoms with Gasteiger partial charge in [-0.25, -0.2) is 0 Å². The maximum absolute atomic E-state index is 12.8. The molecule has 0 fully saturated rings. The zero-order valence-electron chi connectivity index (χ0n) is 43.0. The summed E-state index contributed by atoms with van der Waals surface area (Å²) in [5, 5.41) is 11.7. The highest BCUT2D eigenvalue weighted by Crippen LogP contribution is 2.16. The lowest BCUT2D eigenvalue weighted by molar-refractivity contribution is -0.870. The van der Waals surface area contributed by atoms with Crippen molar-refractivity contribution in [2.75, 3.05) is 47.5 Å². The molecule has 0 aromatic rings. The van der Waals surface area contributed by atoms with Crippen LogP contribution in [0.25, 0.3) is 0 Å². The first-order valence-corrected chi connectivity index (χ1v) is 26.6. The van der Waals surface area contributed by atoms with E-state index in [2.05, 4.69) is 86.8 Å². The van der Waals surface area contributed by atoms with Crippen LogP contribution in [0.3, 0.4) is 0 Å². The van der Waals surface area contributed by atoms with E-state index in [1.807, 2.05) is 21.1 Å². The minimum atomic E-state index is -1.63. The van der Waals surface area contributed by atoms with Gasteiger partial charge in [0.25, 0.3) is 0 Å². The van der Waals surface area contributed by atoms with Crippen LogP contribution in [0.4, 0.5) is 0 Å². The molecule has 0 amide bonds. The number of carbonyl (C=O) groups excluding carboxylic acids is 3. The van der Waals surface area contributed by atoms with Gasteiger partial charge in [-0.1, -0.05) is 209 Å². The second-order valence-corrected chi connectivity index (χ2v) is 18.8. The SMILES string of the molecule is CC/C=C\C/C=C\C/C=C\C/C=C\C/C=C\C/C=C\CCCCC(=O)OC(COC(=O)CCCCCCCCCCCCCCCCCCCCCC)COC(OCC[N+](C)(C)C)C(=O)[O-]. The van der Waals surface area contributed by atoms with Crippen molar-refractivity contribution in [2.45, 2.75) is 225 Å². The van der Waals surface area contributed by atoms with Crippen LogP contribution >= 0.6 is 0 Å². The molecule has 0 aromatic heterocycles. The third-order valence-electron chi connectivity index (χ3n) is 11.2. The molecule has 0 aliphatic heterocycles. The number of carbonyl (C=O) groups is 3. The minimum absolute atomic E-state index is 0.137. The Hall–Kier alpha value is -3.27. The van der Waals surface area contributed by atoms with Crippen molar-refractivity contribution in [1.29, 1.82) is 0 Å². The summed E-state index contributed by atoms with van der Waals surface area (Å²) in [7, 11) is 5.90. The van der Waals surface area contributed by atoms with E-state index < -0.39 is 24.3 Å². The Labute approximate surface area is 405 Å². The summed E-state index contributed by atoms with van der Waals surface area (Å²) in [4.78, 5) is 37.2. The molecule has 66 heavy (non-hydrogen) atoms. The molecule has 0 saturated heterocycles.